The average Bonchev–Trinajstić information content (AvgIpc) is 0. The molecular weight excluding hydrogens is 217 g/mol. The maximum absolute atomic E-state index is 0. The molecule has 0 heterocycles. The van der Waals surface area contributed by atoms with Crippen LogP contribution in [0.3, 0.4) is 0 Å². The first kappa shape index (κ1) is 29.8. The van der Waals surface area contributed by atoms with Gasteiger partial charge < -0.3 is 0 Å². The minimum Gasteiger partial charge on any atom is 0 e. The van der Waals surface area contributed by atoms with Gasteiger partial charge in [-0.15, -0.1) is 0 Å². The van der Waals surface area contributed by atoms with Crippen LogP contribution in [0.1, 0.15) is 0 Å². The zero-order valence-corrected chi connectivity index (χ0v) is 6.86. The van der Waals surface area contributed by atoms with Crippen molar-refractivity contribution >= 4 is 17.4 Å². The van der Waals surface area contributed by atoms with Crippen LogP contribution in [0, 0.1) is 0 Å². The van der Waals surface area contributed by atoms with E-state index in [1.165, 1.54) is 0 Å². The second-order valence-corrected chi connectivity index (χ2v) is 0. The number of hydrogen-bond acceptors (Lipinski definition) is 0. The van der Waals surface area contributed by atoms with Gasteiger partial charge in [0.15, 0.2) is 17.4 Å². The Hall–Kier alpha value is 2.71. The van der Waals surface area contributed by atoms with E-state index in [2.05, 4.69) is 0 Å². The summed E-state index contributed by atoms with van der Waals surface area (Å²) in [6.45, 7) is 0. The summed E-state index contributed by atoms with van der Waals surface area (Å²) in [5.74, 6) is 0. The summed E-state index contributed by atoms with van der Waals surface area (Å²) in [6.07, 6.45) is 0. The topological polar surface area (TPSA) is 0 Å². The summed E-state index contributed by atoms with van der Waals surface area (Å²) in [7, 11) is 0. The second kappa shape index (κ2) is 17.2. The normalized spacial score (nSPS) is 0. The van der Waals surface area contributed by atoms with E-state index in [9.17, 15) is 0 Å². The summed E-state index contributed by atoms with van der Waals surface area (Å²) < 4.78 is 0. The van der Waals surface area contributed by atoms with Crippen molar-refractivity contribution in [1.82, 2.24) is 0 Å². The average molecular weight is 220 g/mol. The van der Waals surface area contributed by atoms with Gasteiger partial charge >= 0.3 is 0 Å². The monoisotopic (exact) mass is 219 g/mol. The van der Waals surface area contributed by atoms with Crippen molar-refractivity contribution in [1.29, 1.82) is 0 Å². The third-order valence-corrected chi connectivity index (χ3v) is 0. The minimum absolute atomic E-state index is 0. The van der Waals surface area contributed by atoms with Crippen LogP contribution in [0.4, 0.5) is 0 Å². The van der Waals surface area contributed by atoms with Crippen LogP contribution in [0.15, 0.2) is 0 Å². The molecule has 4 heavy (non-hydrogen) atoms. The molecule has 0 rings (SSSR count). The van der Waals surface area contributed by atoms with E-state index in [1.807, 2.05) is 0 Å². The Kier molecular flexibility index (Phi) is 128. The van der Waals surface area contributed by atoms with E-state index in [1.54, 1.807) is 0 Å². The van der Waals surface area contributed by atoms with Crippen molar-refractivity contribution in [3.63, 3.8) is 0 Å². The van der Waals surface area contributed by atoms with Crippen LogP contribution >= 0.6 is 0 Å². The maximum atomic E-state index is 0. The molecule has 0 aromatic heterocycles. The molecule has 0 bridgehead atoms. The first-order chi connectivity index (χ1) is 0. The van der Waals surface area contributed by atoms with Crippen LogP contribution in [-0.4, -0.2) is 17.4 Å². The molecule has 0 aliphatic carbocycles. The van der Waals surface area contributed by atoms with E-state index in [4.69, 9.17) is 0 Å². The third-order valence-electron chi connectivity index (χ3n) is 0. The Bertz CT molecular complexity index is 8.00. The SMILES string of the molecule is [AlH3].[Ti].[V].[Zr]. The Morgan fingerprint density at radius 1 is 1.00 bits per heavy atom. The molecule has 0 aromatic carbocycles. The molecule has 0 spiro atoms. The largest absolute Gasteiger partial charge is 0.187 e. The predicted molar refractivity (Wildman–Crippen MR) is 9.94 cm³/mol. The fraction of sp³-hybridized carbons (Fsp3) is 0. The Labute approximate surface area is 82.5 Å². The summed E-state index contributed by atoms with van der Waals surface area (Å²) in [5.41, 5.74) is 0. The van der Waals surface area contributed by atoms with Crippen LogP contribution < -0.4 is 0 Å². The summed E-state index contributed by atoms with van der Waals surface area (Å²) >= 11 is 0. The van der Waals surface area contributed by atoms with Gasteiger partial charge in [-0.3, -0.25) is 0 Å². The van der Waals surface area contributed by atoms with Crippen molar-refractivity contribution < 1.29 is 66.5 Å². The molecule has 0 N–H and O–H groups in total. The minimum atomic E-state index is 0. The Morgan fingerprint density at radius 2 is 1.00 bits per heavy atom. The van der Waals surface area contributed by atoms with Gasteiger partial charge in [-0.25, -0.2) is 0 Å². The molecule has 19 valence electrons. The van der Waals surface area contributed by atoms with Gasteiger partial charge in [-0.1, -0.05) is 0 Å². The van der Waals surface area contributed by atoms with Gasteiger partial charge in [0.05, 0.1) is 0 Å². The van der Waals surface area contributed by atoms with Gasteiger partial charge in [0.25, 0.3) is 0 Å². The molecule has 1 radical (unpaired) electrons. The van der Waals surface area contributed by atoms with E-state index >= 15 is 0 Å². The van der Waals surface area contributed by atoms with Crippen molar-refractivity contribution in [2.75, 3.05) is 0 Å². The standard InChI is InChI=1S/Al.Ti.V.Zr.3H. The first-order valence-electron chi connectivity index (χ1n) is 0. The van der Waals surface area contributed by atoms with Crippen LogP contribution in [0.25, 0.3) is 0 Å². The summed E-state index contributed by atoms with van der Waals surface area (Å²) in [5, 5.41) is 0. The second-order valence-electron chi connectivity index (χ2n) is 0. The molecule has 0 aliphatic rings. The molecule has 0 aromatic rings. The van der Waals surface area contributed by atoms with E-state index in [0.717, 1.165) is 0 Å². The molecule has 0 amide bonds. The van der Waals surface area contributed by atoms with E-state index < -0.39 is 0 Å². The Morgan fingerprint density at radius 3 is 1.00 bits per heavy atom. The third kappa shape index (κ3) is 8.83. The fourth-order valence-electron chi connectivity index (χ4n) is 0. The van der Waals surface area contributed by atoms with Gasteiger partial charge in [0.1, 0.15) is 0 Å². The fourth-order valence-corrected chi connectivity index (χ4v) is 0. The first-order valence-corrected chi connectivity index (χ1v) is 0. The molecule has 4 heteroatoms. The molecular formula is H3AlTiVZr. The maximum Gasteiger partial charge on any atom is 0.187 e. The quantitative estimate of drug-likeness (QED) is 0.450. The molecule has 0 unspecified atom stereocenters. The smallest absolute Gasteiger partial charge is 0 e. The predicted octanol–water partition coefficient (Wildman–Crippen LogP) is -1.19. The van der Waals surface area contributed by atoms with Crippen molar-refractivity contribution in [3.05, 3.63) is 0 Å². The van der Waals surface area contributed by atoms with Crippen LogP contribution in [-0.2, 0) is 66.5 Å². The summed E-state index contributed by atoms with van der Waals surface area (Å²) in [4.78, 5) is 0. The van der Waals surface area contributed by atoms with Crippen molar-refractivity contribution in [2.45, 2.75) is 0 Å². The molecule has 0 fully saturated rings. The van der Waals surface area contributed by atoms with E-state index in [-0.39, 0.29) is 83.8 Å². The summed E-state index contributed by atoms with van der Waals surface area (Å²) in [6, 6.07) is 0. The molecule has 0 nitrogen and oxygen atoms in total. The molecule has 0 atom stereocenters. The zero-order chi connectivity index (χ0) is 0. The van der Waals surface area contributed by atoms with Crippen molar-refractivity contribution in [3.8, 4) is 0 Å². The van der Waals surface area contributed by atoms with Gasteiger partial charge in [0.2, 0.25) is 0 Å². The molecule has 0 saturated carbocycles. The zero-order valence-electron chi connectivity index (χ0n) is 1.45. The van der Waals surface area contributed by atoms with Crippen molar-refractivity contribution in [2.24, 2.45) is 0 Å². The Balaban J connectivity index is 0. The number of hydrogen-bond donors (Lipinski definition) is 0. The van der Waals surface area contributed by atoms with Gasteiger partial charge in [-0.2, -0.15) is 0 Å². The van der Waals surface area contributed by atoms with Crippen LogP contribution in [0.2, 0.25) is 0 Å². The van der Waals surface area contributed by atoms with E-state index in [0.29, 0.717) is 0 Å². The van der Waals surface area contributed by atoms with Gasteiger partial charge in [-0.05, 0) is 0 Å². The number of rotatable bonds is 0. The molecule has 0 saturated heterocycles. The molecule has 0 aliphatic heterocycles. The van der Waals surface area contributed by atoms with Crippen LogP contribution in [0.5, 0.6) is 0 Å². The van der Waals surface area contributed by atoms with Gasteiger partial charge in [0, 0.05) is 66.5 Å².